The predicted molar refractivity (Wildman–Crippen MR) is 74.5 cm³/mol. The number of hydrogen-bond acceptors (Lipinski definition) is 3. The fourth-order valence-electron chi connectivity index (χ4n) is 2.87. The monoisotopic (exact) mass is 269 g/mol. The third kappa shape index (κ3) is 4.84. The molecule has 19 heavy (non-hydrogen) atoms. The van der Waals surface area contributed by atoms with Crippen molar-refractivity contribution in [1.29, 1.82) is 0 Å². The molecule has 1 fully saturated rings. The zero-order chi connectivity index (χ0) is 14.6. The molecule has 1 N–H and O–H groups in total. The van der Waals surface area contributed by atoms with Crippen molar-refractivity contribution in [3.05, 3.63) is 0 Å². The Hall–Kier alpha value is -1.06. The summed E-state index contributed by atoms with van der Waals surface area (Å²) in [5.74, 6) is 1.02. The van der Waals surface area contributed by atoms with Gasteiger partial charge in [0.15, 0.2) is 0 Å². The number of nitrogens with one attached hydrogen (secondary N) is 1. The van der Waals surface area contributed by atoms with Crippen LogP contribution < -0.4 is 5.32 Å². The predicted octanol–water partition coefficient (Wildman–Crippen LogP) is 2.52. The Balaban J connectivity index is 2.60. The summed E-state index contributed by atoms with van der Waals surface area (Å²) in [4.78, 5) is 22.9. The van der Waals surface area contributed by atoms with Gasteiger partial charge in [-0.05, 0) is 37.5 Å². The Bertz CT molecular complexity index is 327. The first-order valence-electron chi connectivity index (χ1n) is 7.28. The number of rotatable bonds is 4. The Morgan fingerprint density at radius 3 is 2.37 bits per heavy atom. The van der Waals surface area contributed by atoms with Crippen molar-refractivity contribution >= 4 is 11.9 Å². The summed E-state index contributed by atoms with van der Waals surface area (Å²) in [6.45, 7) is 9.63. The van der Waals surface area contributed by atoms with Gasteiger partial charge in [0.2, 0.25) is 5.91 Å². The van der Waals surface area contributed by atoms with Crippen molar-refractivity contribution in [2.24, 2.45) is 17.8 Å². The Morgan fingerprint density at radius 2 is 1.84 bits per heavy atom. The van der Waals surface area contributed by atoms with Crippen molar-refractivity contribution in [2.75, 3.05) is 0 Å². The maximum Gasteiger partial charge on any atom is 0.328 e. The van der Waals surface area contributed by atoms with E-state index in [1.165, 1.54) is 13.3 Å². The molecule has 1 saturated carbocycles. The van der Waals surface area contributed by atoms with Crippen molar-refractivity contribution < 1.29 is 14.3 Å². The maximum atomic E-state index is 12.0. The maximum absolute atomic E-state index is 12.0. The van der Waals surface area contributed by atoms with E-state index >= 15 is 0 Å². The molecule has 0 spiro atoms. The first-order chi connectivity index (χ1) is 8.81. The van der Waals surface area contributed by atoms with E-state index in [0.717, 1.165) is 12.8 Å². The van der Waals surface area contributed by atoms with E-state index in [-0.39, 0.29) is 18.0 Å². The van der Waals surface area contributed by atoms with Crippen LogP contribution in [0.5, 0.6) is 0 Å². The summed E-state index contributed by atoms with van der Waals surface area (Å²) < 4.78 is 5.64. The molecule has 4 heteroatoms. The number of amides is 1. The minimum atomic E-state index is -0.567. The van der Waals surface area contributed by atoms with Gasteiger partial charge in [0.05, 0.1) is 0 Å². The summed E-state index contributed by atoms with van der Waals surface area (Å²) in [7, 11) is 0. The van der Waals surface area contributed by atoms with Crippen LogP contribution in [0.25, 0.3) is 0 Å². The van der Waals surface area contributed by atoms with Crippen molar-refractivity contribution in [1.82, 2.24) is 5.32 Å². The topological polar surface area (TPSA) is 55.4 Å². The average molecular weight is 269 g/mol. The first-order valence-corrected chi connectivity index (χ1v) is 7.28. The lowest BCUT2D eigenvalue weighted by molar-refractivity contribution is -0.159. The molecule has 1 aliphatic carbocycles. The lowest BCUT2D eigenvalue weighted by Crippen LogP contribution is -2.43. The molecule has 1 amide bonds. The molecule has 4 atom stereocenters. The molecular weight excluding hydrogens is 242 g/mol. The smallest absolute Gasteiger partial charge is 0.328 e. The van der Waals surface area contributed by atoms with Gasteiger partial charge in [-0.2, -0.15) is 0 Å². The minimum Gasteiger partial charge on any atom is -0.461 e. The second-order valence-electron chi connectivity index (χ2n) is 6.22. The van der Waals surface area contributed by atoms with Gasteiger partial charge in [0.25, 0.3) is 0 Å². The molecule has 0 heterocycles. The van der Waals surface area contributed by atoms with Crippen LogP contribution in [-0.4, -0.2) is 24.0 Å². The van der Waals surface area contributed by atoms with Gasteiger partial charge in [0.1, 0.15) is 12.1 Å². The number of esters is 1. The highest BCUT2D eigenvalue weighted by Gasteiger charge is 2.34. The van der Waals surface area contributed by atoms with Crippen LogP contribution in [0.15, 0.2) is 0 Å². The van der Waals surface area contributed by atoms with Crippen LogP contribution in [0.3, 0.4) is 0 Å². The highest BCUT2D eigenvalue weighted by Crippen LogP contribution is 2.35. The van der Waals surface area contributed by atoms with Gasteiger partial charge in [-0.3, -0.25) is 4.79 Å². The fourth-order valence-corrected chi connectivity index (χ4v) is 2.87. The molecule has 0 saturated heterocycles. The van der Waals surface area contributed by atoms with E-state index in [2.05, 4.69) is 26.1 Å². The van der Waals surface area contributed by atoms with E-state index in [4.69, 9.17) is 4.74 Å². The van der Waals surface area contributed by atoms with E-state index in [9.17, 15) is 9.59 Å². The molecule has 0 aromatic rings. The van der Waals surface area contributed by atoms with Gasteiger partial charge < -0.3 is 10.1 Å². The molecular formula is C15H27NO3. The van der Waals surface area contributed by atoms with E-state index in [1.807, 2.05) is 0 Å². The zero-order valence-electron chi connectivity index (χ0n) is 12.7. The fraction of sp³-hybridized carbons (Fsp3) is 0.867. The highest BCUT2D eigenvalue weighted by atomic mass is 16.5. The van der Waals surface area contributed by atoms with Crippen LogP contribution in [-0.2, 0) is 14.3 Å². The summed E-state index contributed by atoms with van der Waals surface area (Å²) in [6.07, 6.45) is 3.25. The number of ether oxygens (including phenoxy) is 1. The third-order valence-electron chi connectivity index (χ3n) is 4.00. The van der Waals surface area contributed by atoms with Gasteiger partial charge in [0, 0.05) is 6.92 Å². The molecule has 0 aliphatic heterocycles. The van der Waals surface area contributed by atoms with Crippen LogP contribution >= 0.6 is 0 Å². The largest absolute Gasteiger partial charge is 0.461 e. The quantitative estimate of drug-likeness (QED) is 0.798. The second-order valence-corrected chi connectivity index (χ2v) is 6.22. The van der Waals surface area contributed by atoms with Crippen LogP contribution in [0, 0.1) is 17.8 Å². The number of hydrogen-bond donors (Lipinski definition) is 1. The summed E-state index contributed by atoms with van der Waals surface area (Å²) in [6, 6.07) is -0.567. The van der Waals surface area contributed by atoms with Crippen LogP contribution in [0.4, 0.5) is 0 Å². The zero-order valence-corrected chi connectivity index (χ0v) is 12.7. The van der Waals surface area contributed by atoms with Crippen molar-refractivity contribution in [3.63, 3.8) is 0 Å². The normalized spacial score (nSPS) is 28.8. The first kappa shape index (κ1) is 16.0. The van der Waals surface area contributed by atoms with E-state index < -0.39 is 6.04 Å². The summed E-state index contributed by atoms with van der Waals surface area (Å²) in [5.41, 5.74) is 0. The lowest BCUT2D eigenvalue weighted by Gasteiger charge is -2.37. The Kier molecular flexibility index (Phi) is 5.83. The Labute approximate surface area is 116 Å². The highest BCUT2D eigenvalue weighted by molar-refractivity contribution is 5.82. The SMILES string of the molecule is CC(=O)NC(C)C(=O)O[C@@H]1C[C@H](C)CC[C@H]1C(C)C. The molecule has 0 aromatic carbocycles. The van der Waals surface area contributed by atoms with Crippen LogP contribution in [0.2, 0.25) is 0 Å². The molecule has 0 radical (unpaired) electrons. The second kappa shape index (κ2) is 6.92. The molecule has 1 aliphatic rings. The van der Waals surface area contributed by atoms with E-state index in [0.29, 0.717) is 17.8 Å². The minimum absolute atomic E-state index is 0.00698. The van der Waals surface area contributed by atoms with Crippen molar-refractivity contribution in [2.45, 2.75) is 66.0 Å². The van der Waals surface area contributed by atoms with Gasteiger partial charge >= 0.3 is 5.97 Å². The molecule has 0 bridgehead atoms. The van der Waals surface area contributed by atoms with Gasteiger partial charge in [-0.1, -0.05) is 27.2 Å². The summed E-state index contributed by atoms with van der Waals surface area (Å²) >= 11 is 0. The molecule has 110 valence electrons. The number of carbonyl (C=O) groups is 2. The molecule has 1 unspecified atom stereocenters. The molecule has 0 aromatic heterocycles. The standard InChI is InChI=1S/C15H27NO3/c1-9(2)13-7-6-10(3)8-14(13)19-15(18)11(4)16-12(5)17/h9-11,13-14H,6-8H2,1-5H3,(H,16,17)/t10-,11?,13+,14-/m1/s1. The third-order valence-corrected chi connectivity index (χ3v) is 4.00. The van der Waals surface area contributed by atoms with Crippen molar-refractivity contribution in [3.8, 4) is 0 Å². The Morgan fingerprint density at radius 1 is 1.21 bits per heavy atom. The average Bonchev–Trinajstić information content (AvgIpc) is 2.27. The van der Waals surface area contributed by atoms with E-state index in [1.54, 1.807) is 6.92 Å². The van der Waals surface area contributed by atoms with Crippen LogP contribution in [0.1, 0.15) is 53.9 Å². The van der Waals surface area contributed by atoms with Gasteiger partial charge in [-0.25, -0.2) is 4.79 Å². The summed E-state index contributed by atoms with van der Waals surface area (Å²) in [5, 5.41) is 2.57. The van der Waals surface area contributed by atoms with Gasteiger partial charge in [-0.15, -0.1) is 0 Å². The number of carbonyl (C=O) groups excluding carboxylic acids is 2. The molecule has 4 nitrogen and oxygen atoms in total. The lowest BCUT2D eigenvalue weighted by atomic mass is 9.75. The molecule has 1 rings (SSSR count).